The predicted molar refractivity (Wildman–Crippen MR) is 67.7 cm³/mol. The third kappa shape index (κ3) is 6.97. The van der Waals surface area contributed by atoms with E-state index in [1.54, 1.807) is 0 Å². The molecule has 2 unspecified atom stereocenters. The van der Waals surface area contributed by atoms with Crippen LogP contribution in [0, 0.1) is 11.8 Å². The van der Waals surface area contributed by atoms with Crippen LogP contribution in [0.25, 0.3) is 0 Å². The van der Waals surface area contributed by atoms with E-state index in [1.165, 1.54) is 0 Å². The maximum absolute atomic E-state index is 11.7. The molecule has 0 aliphatic rings. The third-order valence-electron chi connectivity index (χ3n) is 2.95. The summed E-state index contributed by atoms with van der Waals surface area (Å²) < 4.78 is 0. The second-order valence-corrected chi connectivity index (χ2v) is 4.61. The summed E-state index contributed by atoms with van der Waals surface area (Å²) in [5.41, 5.74) is 0. The van der Waals surface area contributed by atoms with Crippen molar-refractivity contribution in [1.82, 2.24) is 5.32 Å². The van der Waals surface area contributed by atoms with Gasteiger partial charge in [0.25, 0.3) is 0 Å². The first-order valence-corrected chi connectivity index (χ1v) is 6.53. The van der Waals surface area contributed by atoms with Crippen LogP contribution >= 0.6 is 0 Å². The van der Waals surface area contributed by atoms with Crippen molar-refractivity contribution in [2.75, 3.05) is 6.54 Å². The summed E-state index contributed by atoms with van der Waals surface area (Å²) in [5, 5.41) is 11.7. The molecule has 0 fully saturated rings. The van der Waals surface area contributed by atoms with Crippen LogP contribution < -0.4 is 5.32 Å². The Kier molecular flexibility index (Phi) is 8.46. The molecule has 0 spiro atoms. The van der Waals surface area contributed by atoms with Gasteiger partial charge in [0, 0.05) is 12.5 Å². The first-order chi connectivity index (χ1) is 8.02. The fraction of sp³-hybridized carbons (Fsp3) is 0.846. The second-order valence-electron chi connectivity index (χ2n) is 4.61. The van der Waals surface area contributed by atoms with Crippen LogP contribution in [-0.2, 0) is 9.59 Å². The molecular weight excluding hydrogens is 218 g/mol. The summed E-state index contributed by atoms with van der Waals surface area (Å²) in [6.07, 6.45) is 4.40. The van der Waals surface area contributed by atoms with Gasteiger partial charge in [0.1, 0.15) is 0 Å². The molecule has 17 heavy (non-hydrogen) atoms. The highest BCUT2D eigenvalue weighted by Gasteiger charge is 2.19. The van der Waals surface area contributed by atoms with Gasteiger partial charge < -0.3 is 10.4 Å². The molecule has 0 radical (unpaired) electrons. The molecular formula is C13H25NO3. The lowest BCUT2D eigenvalue weighted by atomic mass is 10.0. The van der Waals surface area contributed by atoms with Gasteiger partial charge in [0.05, 0.1) is 5.92 Å². The molecule has 0 aliphatic heterocycles. The number of carbonyl (C=O) groups excluding carboxylic acids is 1. The molecule has 0 aromatic rings. The lowest BCUT2D eigenvalue weighted by molar-refractivity contribution is -0.142. The molecule has 100 valence electrons. The third-order valence-corrected chi connectivity index (χ3v) is 2.95. The SMILES string of the molecule is CCCCC(C)C(=O)NCC(CCC)C(=O)O. The largest absolute Gasteiger partial charge is 0.481 e. The first-order valence-electron chi connectivity index (χ1n) is 6.53. The number of aliphatic carboxylic acids is 1. The first kappa shape index (κ1) is 15.9. The second kappa shape index (κ2) is 9.02. The molecule has 0 bridgehead atoms. The van der Waals surface area contributed by atoms with Gasteiger partial charge in [-0.2, -0.15) is 0 Å². The Hall–Kier alpha value is -1.06. The number of hydrogen-bond acceptors (Lipinski definition) is 2. The van der Waals surface area contributed by atoms with Gasteiger partial charge in [0.15, 0.2) is 0 Å². The van der Waals surface area contributed by atoms with Crippen LogP contribution in [0.5, 0.6) is 0 Å². The highest BCUT2D eigenvalue weighted by Crippen LogP contribution is 2.09. The summed E-state index contributed by atoms with van der Waals surface area (Å²) >= 11 is 0. The van der Waals surface area contributed by atoms with Crippen LogP contribution in [0.4, 0.5) is 0 Å². The van der Waals surface area contributed by atoms with E-state index in [2.05, 4.69) is 12.2 Å². The van der Waals surface area contributed by atoms with Crippen LogP contribution in [-0.4, -0.2) is 23.5 Å². The molecule has 4 heteroatoms. The fourth-order valence-electron chi connectivity index (χ4n) is 1.70. The van der Waals surface area contributed by atoms with E-state index in [9.17, 15) is 9.59 Å². The zero-order valence-electron chi connectivity index (χ0n) is 11.2. The number of unbranched alkanes of at least 4 members (excludes halogenated alkanes) is 1. The van der Waals surface area contributed by atoms with Crippen molar-refractivity contribution in [3.8, 4) is 0 Å². The van der Waals surface area contributed by atoms with E-state index >= 15 is 0 Å². The van der Waals surface area contributed by atoms with Gasteiger partial charge in [-0.15, -0.1) is 0 Å². The molecule has 0 aromatic heterocycles. The molecule has 2 N–H and O–H groups in total. The zero-order chi connectivity index (χ0) is 13.3. The zero-order valence-corrected chi connectivity index (χ0v) is 11.2. The van der Waals surface area contributed by atoms with Gasteiger partial charge in [-0.25, -0.2) is 0 Å². The minimum atomic E-state index is -0.826. The molecule has 0 saturated carbocycles. The van der Waals surface area contributed by atoms with Crippen LogP contribution in [0.15, 0.2) is 0 Å². The van der Waals surface area contributed by atoms with Crippen molar-refractivity contribution in [1.29, 1.82) is 0 Å². The van der Waals surface area contributed by atoms with Crippen LogP contribution in [0.2, 0.25) is 0 Å². The van der Waals surface area contributed by atoms with Crippen LogP contribution in [0.3, 0.4) is 0 Å². The summed E-state index contributed by atoms with van der Waals surface area (Å²) in [5.74, 6) is -1.33. The molecule has 4 nitrogen and oxygen atoms in total. The molecule has 0 rings (SSSR count). The highest BCUT2D eigenvalue weighted by atomic mass is 16.4. The Balaban J connectivity index is 3.98. The van der Waals surface area contributed by atoms with Crippen molar-refractivity contribution in [3.05, 3.63) is 0 Å². The van der Waals surface area contributed by atoms with Crippen molar-refractivity contribution in [3.63, 3.8) is 0 Å². The Morgan fingerprint density at radius 1 is 1.18 bits per heavy atom. The van der Waals surface area contributed by atoms with Gasteiger partial charge in [-0.05, 0) is 12.8 Å². The molecule has 0 saturated heterocycles. The van der Waals surface area contributed by atoms with E-state index in [0.717, 1.165) is 25.7 Å². The maximum atomic E-state index is 11.7. The molecule has 2 atom stereocenters. The number of amides is 1. The summed E-state index contributed by atoms with van der Waals surface area (Å²) in [4.78, 5) is 22.6. The Morgan fingerprint density at radius 2 is 1.82 bits per heavy atom. The standard InChI is InChI=1S/C13H25NO3/c1-4-6-8-10(3)12(15)14-9-11(7-5-2)13(16)17/h10-11H,4-9H2,1-3H3,(H,14,15)(H,16,17). The Labute approximate surface area is 104 Å². The number of carboxylic acid groups (broad SMARTS) is 1. The van der Waals surface area contributed by atoms with E-state index in [-0.39, 0.29) is 18.4 Å². The molecule has 1 amide bonds. The highest BCUT2D eigenvalue weighted by molar-refractivity contribution is 5.79. The van der Waals surface area contributed by atoms with Crippen molar-refractivity contribution in [2.24, 2.45) is 11.8 Å². The summed E-state index contributed by atoms with van der Waals surface area (Å²) in [7, 11) is 0. The Bertz CT molecular complexity index is 241. The van der Waals surface area contributed by atoms with E-state index in [4.69, 9.17) is 5.11 Å². The smallest absolute Gasteiger partial charge is 0.308 e. The normalized spacial score (nSPS) is 14.1. The number of nitrogens with one attached hydrogen (secondary N) is 1. The average molecular weight is 243 g/mol. The van der Waals surface area contributed by atoms with Gasteiger partial charge in [0.2, 0.25) is 5.91 Å². The quantitative estimate of drug-likeness (QED) is 0.653. The Morgan fingerprint density at radius 3 is 2.29 bits per heavy atom. The number of carbonyl (C=O) groups is 2. The van der Waals surface area contributed by atoms with Gasteiger partial charge >= 0.3 is 5.97 Å². The average Bonchev–Trinajstić information content (AvgIpc) is 2.30. The van der Waals surface area contributed by atoms with Gasteiger partial charge in [-0.3, -0.25) is 9.59 Å². The van der Waals surface area contributed by atoms with Crippen LogP contribution in [0.1, 0.15) is 52.9 Å². The van der Waals surface area contributed by atoms with E-state index in [0.29, 0.717) is 6.42 Å². The predicted octanol–water partition coefficient (Wildman–Crippen LogP) is 2.43. The molecule has 0 aromatic carbocycles. The minimum Gasteiger partial charge on any atom is -0.481 e. The minimum absolute atomic E-state index is 0.0222. The monoisotopic (exact) mass is 243 g/mol. The van der Waals surface area contributed by atoms with Crippen molar-refractivity contribution in [2.45, 2.75) is 52.9 Å². The van der Waals surface area contributed by atoms with E-state index in [1.807, 2.05) is 13.8 Å². The van der Waals surface area contributed by atoms with Crippen molar-refractivity contribution < 1.29 is 14.7 Å². The lowest BCUT2D eigenvalue weighted by Crippen LogP contribution is -2.36. The van der Waals surface area contributed by atoms with Crippen molar-refractivity contribution >= 4 is 11.9 Å². The fourth-order valence-corrected chi connectivity index (χ4v) is 1.70. The summed E-state index contributed by atoms with van der Waals surface area (Å²) in [6, 6.07) is 0. The molecule has 0 heterocycles. The number of carboxylic acids is 1. The maximum Gasteiger partial charge on any atom is 0.308 e. The topological polar surface area (TPSA) is 66.4 Å². The van der Waals surface area contributed by atoms with E-state index < -0.39 is 11.9 Å². The summed E-state index contributed by atoms with van der Waals surface area (Å²) in [6.45, 7) is 6.17. The van der Waals surface area contributed by atoms with Gasteiger partial charge in [-0.1, -0.05) is 40.0 Å². The lowest BCUT2D eigenvalue weighted by Gasteiger charge is -2.15. The number of rotatable bonds is 9. The molecule has 0 aliphatic carbocycles. The number of hydrogen-bond donors (Lipinski definition) is 2.